The zero-order chi connectivity index (χ0) is 12.3. The fourth-order valence-electron chi connectivity index (χ4n) is 2.94. The molecule has 0 aromatic heterocycles. The average molecular weight is 239 g/mol. The van der Waals surface area contributed by atoms with E-state index in [9.17, 15) is 4.79 Å². The lowest BCUT2D eigenvalue weighted by molar-refractivity contribution is -0.132. The van der Waals surface area contributed by atoms with E-state index in [0.29, 0.717) is 30.8 Å². The van der Waals surface area contributed by atoms with Gasteiger partial charge in [0.1, 0.15) is 0 Å². The summed E-state index contributed by atoms with van der Waals surface area (Å²) >= 11 is 0. The van der Waals surface area contributed by atoms with Gasteiger partial charge in [0.05, 0.1) is 0 Å². The van der Waals surface area contributed by atoms with Crippen molar-refractivity contribution in [3.05, 3.63) is 0 Å². The molecule has 1 amide bonds. The van der Waals surface area contributed by atoms with Crippen molar-refractivity contribution < 1.29 is 4.79 Å². The first kappa shape index (κ1) is 12.8. The molecule has 2 aliphatic rings. The Balaban J connectivity index is 1.89. The Morgan fingerprint density at radius 2 is 2.12 bits per heavy atom. The van der Waals surface area contributed by atoms with Crippen molar-refractivity contribution in [3.8, 4) is 0 Å². The van der Waals surface area contributed by atoms with Crippen LogP contribution in [-0.4, -0.2) is 54.5 Å². The van der Waals surface area contributed by atoms with Crippen LogP contribution in [0.15, 0.2) is 0 Å². The van der Waals surface area contributed by atoms with Gasteiger partial charge >= 0.3 is 0 Å². The van der Waals surface area contributed by atoms with Gasteiger partial charge in [-0.2, -0.15) is 0 Å². The summed E-state index contributed by atoms with van der Waals surface area (Å²) in [4.78, 5) is 16.8. The molecule has 2 fully saturated rings. The molecule has 0 bridgehead atoms. The summed E-state index contributed by atoms with van der Waals surface area (Å²) in [6.07, 6.45) is 4.30. The van der Waals surface area contributed by atoms with Crippen LogP contribution in [0.5, 0.6) is 0 Å². The lowest BCUT2D eigenvalue weighted by Crippen LogP contribution is -2.40. The van der Waals surface area contributed by atoms with Gasteiger partial charge in [0, 0.05) is 32.1 Å². The molecule has 2 saturated heterocycles. The molecule has 2 N–H and O–H groups in total. The number of rotatable bonds is 3. The highest BCUT2D eigenvalue weighted by molar-refractivity contribution is 5.76. The minimum Gasteiger partial charge on any atom is -0.341 e. The molecule has 4 heteroatoms. The minimum atomic E-state index is 0.302. The molecule has 2 aliphatic heterocycles. The third-order valence-electron chi connectivity index (χ3n) is 4.08. The number of hydrogen-bond acceptors (Lipinski definition) is 3. The summed E-state index contributed by atoms with van der Waals surface area (Å²) < 4.78 is 0. The molecule has 0 aromatic carbocycles. The number of amides is 1. The molecular weight excluding hydrogens is 214 g/mol. The molecule has 0 aromatic rings. The molecule has 0 saturated carbocycles. The van der Waals surface area contributed by atoms with Crippen LogP contribution in [-0.2, 0) is 4.79 Å². The van der Waals surface area contributed by atoms with Gasteiger partial charge in [-0.1, -0.05) is 6.92 Å². The second-order valence-electron chi connectivity index (χ2n) is 5.57. The average Bonchev–Trinajstić information content (AvgIpc) is 2.66. The van der Waals surface area contributed by atoms with Gasteiger partial charge in [-0.3, -0.25) is 9.69 Å². The van der Waals surface area contributed by atoms with E-state index < -0.39 is 0 Å². The maximum absolute atomic E-state index is 12.2. The first-order chi connectivity index (χ1) is 8.20. The fourth-order valence-corrected chi connectivity index (χ4v) is 2.94. The monoisotopic (exact) mass is 239 g/mol. The van der Waals surface area contributed by atoms with E-state index in [2.05, 4.69) is 16.7 Å². The standard InChI is InChI=1S/C13H25N3O/c1-11(9-14)8-13(17)16-7-3-6-15-5-2-4-12(15)10-16/h11-12H,2-10,14H2,1H3. The molecular formula is C13H25N3O. The van der Waals surface area contributed by atoms with Crippen molar-refractivity contribution in [2.24, 2.45) is 11.7 Å². The van der Waals surface area contributed by atoms with E-state index in [1.165, 1.54) is 25.9 Å². The van der Waals surface area contributed by atoms with Crippen LogP contribution in [0.25, 0.3) is 0 Å². The Morgan fingerprint density at radius 1 is 1.35 bits per heavy atom. The lowest BCUT2D eigenvalue weighted by Gasteiger charge is -2.26. The third-order valence-corrected chi connectivity index (χ3v) is 4.08. The van der Waals surface area contributed by atoms with Gasteiger partial charge < -0.3 is 10.6 Å². The number of fused-ring (bicyclic) bond motifs is 1. The van der Waals surface area contributed by atoms with Crippen molar-refractivity contribution >= 4 is 5.91 Å². The topological polar surface area (TPSA) is 49.6 Å². The summed E-state index contributed by atoms with van der Waals surface area (Å²) in [6, 6.07) is 0.620. The Labute approximate surface area is 104 Å². The summed E-state index contributed by atoms with van der Waals surface area (Å²) in [5.74, 6) is 0.613. The van der Waals surface area contributed by atoms with E-state index in [4.69, 9.17) is 5.73 Å². The van der Waals surface area contributed by atoms with Crippen molar-refractivity contribution in [1.82, 2.24) is 9.80 Å². The fraction of sp³-hybridized carbons (Fsp3) is 0.923. The second-order valence-corrected chi connectivity index (χ2v) is 5.57. The van der Waals surface area contributed by atoms with Crippen LogP contribution >= 0.6 is 0 Å². The van der Waals surface area contributed by atoms with E-state index in [1.807, 2.05) is 0 Å². The largest absolute Gasteiger partial charge is 0.341 e. The molecule has 17 heavy (non-hydrogen) atoms. The summed E-state index contributed by atoms with van der Waals surface area (Å²) in [7, 11) is 0. The molecule has 0 spiro atoms. The zero-order valence-electron chi connectivity index (χ0n) is 10.9. The maximum atomic E-state index is 12.2. The van der Waals surface area contributed by atoms with Crippen LogP contribution in [0.1, 0.15) is 32.6 Å². The van der Waals surface area contributed by atoms with Crippen molar-refractivity contribution in [2.75, 3.05) is 32.7 Å². The molecule has 4 nitrogen and oxygen atoms in total. The quantitative estimate of drug-likeness (QED) is 0.787. The molecule has 0 radical (unpaired) electrons. The Morgan fingerprint density at radius 3 is 2.88 bits per heavy atom. The van der Waals surface area contributed by atoms with Crippen molar-refractivity contribution in [1.29, 1.82) is 0 Å². The van der Waals surface area contributed by atoms with E-state index in [0.717, 1.165) is 19.5 Å². The predicted octanol–water partition coefficient (Wildman–Crippen LogP) is 0.668. The Kier molecular flexibility index (Phi) is 4.40. The number of carbonyl (C=O) groups is 1. The van der Waals surface area contributed by atoms with Crippen LogP contribution < -0.4 is 5.73 Å². The predicted molar refractivity (Wildman–Crippen MR) is 68.6 cm³/mol. The molecule has 98 valence electrons. The molecule has 2 atom stereocenters. The second kappa shape index (κ2) is 5.83. The van der Waals surface area contributed by atoms with Crippen molar-refractivity contribution in [3.63, 3.8) is 0 Å². The van der Waals surface area contributed by atoms with Crippen LogP contribution in [0.4, 0.5) is 0 Å². The minimum absolute atomic E-state index is 0.302. The van der Waals surface area contributed by atoms with Gasteiger partial charge in [-0.05, 0) is 38.3 Å². The van der Waals surface area contributed by atoms with Gasteiger partial charge in [0.2, 0.25) is 5.91 Å². The van der Waals surface area contributed by atoms with Gasteiger partial charge in [0.25, 0.3) is 0 Å². The van der Waals surface area contributed by atoms with Gasteiger partial charge in [-0.15, -0.1) is 0 Å². The van der Waals surface area contributed by atoms with Crippen LogP contribution in [0.2, 0.25) is 0 Å². The normalized spacial score (nSPS) is 27.6. The summed E-state index contributed by atoms with van der Waals surface area (Å²) in [5.41, 5.74) is 5.59. The SMILES string of the molecule is CC(CN)CC(=O)N1CCCN2CCCC2C1. The zero-order valence-corrected chi connectivity index (χ0v) is 10.9. The summed E-state index contributed by atoms with van der Waals surface area (Å²) in [6.45, 7) is 6.93. The lowest BCUT2D eigenvalue weighted by atomic mass is 10.1. The van der Waals surface area contributed by atoms with Gasteiger partial charge in [-0.25, -0.2) is 0 Å². The molecule has 2 unspecified atom stereocenters. The number of nitrogens with zero attached hydrogens (tertiary/aromatic N) is 2. The molecule has 2 rings (SSSR count). The van der Waals surface area contributed by atoms with Gasteiger partial charge in [0.15, 0.2) is 0 Å². The van der Waals surface area contributed by atoms with E-state index in [1.54, 1.807) is 0 Å². The highest BCUT2D eigenvalue weighted by Gasteiger charge is 2.30. The number of carbonyl (C=O) groups excluding carboxylic acids is 1. The molecule has 2 heterocycles. The highest BCUT2D eigenvalue weighted by Crippen LogP contribution is 2.22. The third kappa shape index (κ3) is 3.19. The smallest absolute Gasteiger partial charge is 0.222 e. The first-order valence-electron chi connectivity index (χ1n) is 6.92. The Hall–Kier alpha value is -0.610. The van der Waals surface area contributed by atoms with E-state index in [-0.39, 0.29) is 0 Å². The number of hydrogen-bond donors (Lipinski definition) is 1. The van der Waals surface area contributed by atoms with Crippen LogP contribution in [0.3, 0.4) is 0 Å². The Bertz CT molecular complexity index is 269. The number of nitrogens with two attached hydrogens (primary N) is 1. The maximum Gasteiger partial charge on any atom is 0.222 e. The van der Waals surface area contributed by atoms with Crippen LogP contribution in [0, 0.1) is 5.92 Å². The van der Waals surface area contributed by atoms with E-state index >= 15 is 0 Å². The molecule has 0 aliphatic carbocycles. The summed E-state index contributed by atoms with van der Waals surface area (Å²) in [5, 5.41) is 0. The highest BCUT2D eigenvalue weighted by atomic mass is 16.2. The first-order valence-corrected chi connectivity index (χ1v) is 6.92. The van der Waals surface area contributed by atoms with Crippen molar-refractivity contribution in [2.45, 2.75) is 38.6 Å².